The highest BCUT2D eigenvalue weighted by Gasteiger charge is 2.49. The molecule has 1 aliphatic carbocycles. The third-order valence-corrected chi connectivity index (χ3v) is 6.72. The van der Waals surface area contributed by atoms with Crippen molar-refractivity contribution in [2.45, 2.75) is 43.7 Å². The summed E-state index contributed by atoms with van der Waals surface area (Å²) in [7, 11) is -5.22. The summed E-state index contributed by atoms with van der Waals surface area (Å²) in [6, 6.07) is -0.583. The van der Waals surface area contributed by atoms with E-state index in [-0.39, 0.29) is 5.41 Å². The van der Waals surface area contributed by atoms with Crippen LogP contribution in [0.25, 0.3) is 0 Å². The molecule has 0 bridgehead atoms. The molecule has 2 aliphatic heterocycles. The van der Waals surface area contributed by atoms with Gasteiger partial charge >= 0.3 is 15.5 Å². The molecule has 23 heavy (non-hydrogen) atoms. The van der Waals surface area contributed by atoms with Crippen molar-refractivity contribution in [2.24, 2.45) is 11.3 Å². The first-order chi connectivity index (χ1) is 10.7. The van der Waals surface area contributed by atoms with Gasteiger partial charge in [0.2, 0.25) is 0 Å². The molecular weight excluding hydrogens is 331 g/mol. The van der Waals surface area contributed by atoms with E-state index >= 15 is 0 Å². The van der Waals surface area contributed by atoms with Crippen molar-refractivity contribution in [3.63, 3.8) is 0 Å². The van der Waals surface area contributed by atoms with E-state index in [1.165, 1.54) is 6.42 Å². The molecule has 2 heterocycles. The Morgan fingerprint density at radius 3 is 2.35 bits per heavy atom. The van der Waals surface area contributed by atoms with Crippen LogP contribution >= 0.6 is 0 Å². The Balaban J connectivity index is 1.43. The van der Waals surface area contributed by atoms with Crippen LogP contribution in [-0.2, 0) is 10.0 Å². The smallest absolute Gasteiger partial charge is 0.316 e. The number of likely N-dealkylation sites (tertiary alicyclic amines) is 1. The lowest BCUT2D eigenvalue weighted by atomic mass is 9.67. The second-order valence-electron chi connectivity index (χ2n) is 7.37. The number of sulfonamides is 1. The van der Waals surface area contributed by atoms with E-state index in [0.29, 0.717) is 18.8 Å². The minimum atomic E-state index is -5.22. The highest BCUT2D eigenvalue weighted by atomic mass is 32.2. The zero-order valence-corrected chi connectivity index (χ0v) is 13.8. The summed E-state index contributed by atoms with van der Waals surface area (Å²) in [4.78, 5) is 2.43. The van der Waals surface area contributed by atoms with E-state index in [0.717, 1.165) is 45.6 Å². The quantitative estimate of drug-likeness (QED) is 0.798. The summed E-state index contributed by atoms with van der Waals surface area (Å²) in [6.07, 6.45) is 3.81. The minimum Gasteiger partial charge on any atom is -0.316 e. The highest BCUT2D eigenvalue weighted by molar-refractivity contribution is 7.90. The van der Waals surface area contributed by atoms with Gasteiger partial charge in [-0.25, -0.2) is 13.1 Å². The van der Waals surface area contributed by atoms with Crippen LogP contribution in [0.3, 0.4) is 0 Å². The molecule has 1 spiro atoms. The minimum absolute atomic E-state index is 0.201. The molecule has 134 valence electrons. The van der Waals surface area contributed by atoms with E-state index in [9.17, 15) is 21.6 Å². The normalized spacial score (nSPS) is 29.8. The van der Waals surface area contributed by atoms with Crippen molar-refractivity contribution in [3.05, 3.63) is 0 Å². The van der Waals surface area contributed by atoms with Gasteiger partial charge in [0.25, 0.3) is 0 Å². The molecule has 0 aromatic heterocycles. The highest BCUT2D eigenvalue weighted by Crippen LogP contribution is 2.44. The SMILES string of the molecule is O=S(=O)(NC1CCC2(CC1)CN(C[C@@H]1CCNC1)C2)C(F)(F)F. The molecule has 9 heteroatoms. The predicted octanol–water partition coefficient (Wildman–Crippen LogP) is 1.28. The van der Waals surface area contributed by atoms with Crippen molar-refractivity contribution in [1.29, 1.82) is 0 Å². The Labute approximate surface area is 135 Å². The number of hydrogen-bond donors (Lipinski definition) is 2. The summed E-state index contributed by atoms with van der Waals surface area (Å²) in [6.45, 7) is 5.26. The van der Waals surface area contributed by atoms with Crippen molar-refractivity contribution in [2.75, 3.05) is 32.7 Å². The third kappa shape index (κ3) is 3.83. The number of rotatable bonds is 4. The fourth-order valence-corrected chi connectivity index (χ4v) is 5.03. The fourth-order valence-electron chi connectivity index (χ4n) is 4.22. The van der Waals surface area contributed by atoms with Gasteiger partial charge in [-0.05, 0) is 56.5 Å². The van der Waals surface area contributed by atoms with Gasteiger partial charge in [0.15, 0.2) is 0 Å². The number of hydrogen-bond acceptors (Lipinski definition) is 4. The first-order valence-corrected chi connectivity index (χ1v) is 9.69. The molecule has 0 radical (unpaired) electrons. The zero-order valence-electron chi connectivity index (χ0n) is 13.0. The Bertz CT molecular complexity index is 516. The van der Waals surface area contributed by atoms with Gasteiger partial charge in [0.1, 0.15) is 0 Å². The van der Waals surface area contributed by atoms with Gasteiger partial charge in [0, 0.05) is 25.7 Å². The summed E-state index contributed by atoms with van der Waals surface area (Å²) < 4.78 is 61.3. The van der Waals surface area contributed by atoms with Crippen molar-refractivity contribution < 1.29 is 21.6 Å². The molecule has 5 nitrogen and oxygen atoms in total. The van der Waals surface area contributed by atoms with E-state index in [2.05, 4.69) is 10.2 Å². The van der Waals surface area contributed by atoms with Crippen molar-refractivity contribution in [1.82, 2.24) is 14.9 Å². The molecule has 3 rings (SSSR count). The summed E-state index contributed by atoms with van der Waals surface area (Å²) in [5.41, 5.74) is -5.02. The number of nitrogens with one attached hydrogen (secondary N) is 2. The van der Waals surface area contributed by atoms with Gasteiger partial charge in [-0.3, -0.25) is 0 Å². The number of halogens is 3. The zero-order chi connectivity index (χ0) is 16.7. The maximum atomic E-state index is 12.4. The maximum Gasteiger partial charge on any atom is 0.511 e. The molecule has 2 N–H and O–H groups in total. The molecule has 0 unspecified atom stereocenters. The first-order valence-electron chi connectivity index (χ1n) is 8.21. The average Bonchev–Trinajstić information content (AvgIpc) is 2.90. The van der Waals surface area contributed by atoms with Crippen molar-refractivity contribution >= 4 is 10.0 Å². The van der Waals surface area contributed by atoms with Crippen LogP contribution in [0.4, 0.5) is 13.2 Å². The first kappa shape index (κ1) is 17.4. The van der Waals surface area contributed by atoms with Crippen molar-refractivity contribution in [3.8, 4) is 0 Å². The molecular formula is C14H24F3N3O2S. The molecule has 0 amide bonds. The van der Waals surface area contributed by atoms with Gasteiger partial charge in [-0.15, -0.1) is 0 Å². The molecule has 3 fully saturated rings. The second kappa shape index (κ2) is 6.16. The Morgan fingerprint density at radius 1 is 1.17 bits per heavy atom. The molecule has 3 aliphatic rings. The van der Waals surface area contributed by atoms with E-state index in [4.69, 9.17) is 0 Å². The van der Waals surface area contributed by atoms with Crippen LogP contribution in [0.15, 0.2) is 0 Å². The van der Waals surface area contributed by atoms with Crippen LogP contribution in [0.2, 0.25) is 0 Å². The summed E-state index contributed by atoms with van der Waals surface area (Å²) in [5.74, 6) is 0.710. The predicted molar refractivity (Wildman–Crippen MR) is 80.2 cm³/mol. The third-order valence-electron chi connectivity index (χ3n) is 5.47. The molecule has 1 atom stereocenters. The van der Waals surface area contributed by atoms with Gasteiger partial charge in [-0.1, -0.05) is 0 Å². The molecule has 2 saturated heterocycles. The van der Waals surface area contributed by atoms with Crippen LogP contribution in [-0.4, -0.2) is 57.6 Å². The Morgan fingerprint density at radius 2 is 1.83 bits per heavy atom. The summed E-state index contributed by atoms with van der Waals surface area (Å²) >= 11 is 0. The topological polar surface area (TPSA) is 61.4 Å². The molecule has 0 aromatic carbocycles. The fraction of sp³-hybridized carbons (Fsp3) is 1.00. The van der Waals surface area contributed by atoms with Crippen LogP contribution in [0.5, 0.6) is 0 Å². The average molecular weight is 355 g/mol. The molecule has 0 aromatic rings. The largest absolute Gasteiger partial charge is 0.511 e. The number of nitrogens with zero attached hydrogens (tertiary/aromatic N) is 1. The Hall–Kier alpha value is -0.380. The lowest BCUT2D eigenvalue weighted by Gasteiger charge is -2.54. The second-order valence-corrected chi connectivity index (χ2v) is 9.08. The molecule has 1 saturated carbocycles. The number of alkyl halides is 3. The van der Waals surface area contributed by atoms with Crippen LogP contribution in [0.1, 0.15) is 32.1 Å². The van der Waals surface area contributed by atoms with Crippen LogP contribution < -0.4 is 10.0 Å². The lowest BCUT2D eigenvalue weighted by Crippen LogP contribution is -2.60. The van der Waals surface area contributed by atoms with E-state index in [1.54, 1.807) is 0 Å². The standard InChI is InChI=1S/C14H24F3N3O2S/c15-14(16,17)23(21,22)19-12-1-4-13(5-2-12)9-20(10-13)8-11-3-6-18-7-11/h11-12,18-19H,1-10H2/t11-/m1/s1. The van der Waals surface area contributed by atoms with E-state index in [1.807, 2.05) is 4.72 Å². The van der Waals surface area contributed by atoms with Gasteiger partial charge in [0.05, 0.1) is 0 Å². The Kier molecular flexibility index (Phi) is 4.67. The van der Waals surface area contributed by atoms with E-state index < -0.39 is 21.6 Å². The summed E-state index contributed by atoms with van der Waals surface area (Å²) in [5, 5.41) is 3.35. The van der Waals surface area contributed by atoms with Gasteiger partial charge in [-0.2, -0.15) is 13.2 Å². The van der Waals surface area contributed by atoms with Gasteiger partial charge < -0.3 is 10.2 Å². The lowest BCUT2D eigenvalue weighted by molar-refractivity contribution is -0.0482. The monoisotopic (exact) mass is 355 g/mol. The van der Waals surface area contributed by atoms with Crippen LogP contribution in [0, 0.1) is 11.3 Å². The maximum absolute atomic E-state index is 12.4.